The molecule has 1 saturated heterocycles. The minimum Gasteiger partial charge on any atom is -0.382 e. The predicted molar refractivity (Wildman–Crippen MR) is 233 cm³/mol. The first-order chi connectivity index (χ1) is 30.9. The van der Waals surface area contributed by atoms with E-state index >= 15 is 0 Å². The first-order valence-electron chi connectivity index (χ1n) is 21.3. The number of methoxy groups -OCH3 is 1. The number of hydrazone groups is 1. The van der Waals surface area contributed by atoms with E-state index in [1.165, 1.54) is 11.8 Å². The van der Waals surface area contributed by atoms with Crippen molar-refractivity contribution in [2.24, 2.45) is 5.10 Å². The third-order valence-corrected chi connectivity index (χ3v) is 9.58. The van der Waals surface area contributed by atoms with Crippen molar-refractivity contribution in [1.82, 2.24) is 15.6 Å². The molecule has 20 nitrogen and oxygen atoms in total. The second-order valence-corrected chi connectivity index (χ2v) is 14.4. The molecular weight excluding hydrogens is 849 g/mol. The monoisotopic (exact) mass is 918 g/mol. The molecule has 4 amide bonds. The third kappa shape index (κ3) is 29.1. The third-order valence-electron chi connectivity index (χ3n) is 8.65. The molecule has 0 saturated carbocycles. The molecule has 0 bridgehead atoms. The number of rotatable bonds is 43. The van der Waals surface area contributed by atoms with E-state index in [2.05, 4.69) is 15.8 Å². The summed E-state index contributed by atoms with van der Waals surface area (Å²) in [5, 5.41) is 6.53. The Labute approximate surface area is 375 Å². The van der Waals surface area contributed by atoms with E-state index in [4.69, 9.17) is 56.8 Å². The highest BCUT2D eigenvalue weighted by Crippen LogP contribution is 2.23. The molecule has 63 heavy (non-hydrogen) atoms. The Hall–Kier alpha value is -3.16. The Morgan fingerprint density at radius 3 is 1.33 bits per heavy atom. The minimum absolute atomic E-state index is 0.0186. The van der Waals surface area contributed by atoms with E-state index < -0.39 is 5.91 Å². The predicted octanol–water partition coefficient (Wildman–Crippen LogP) is 0.966. The summed E-state index contributed by atoms with van der Waals surface area (Å²) < 4.78 is 65.0. The van der Waals surface area contributed by atoms with Gasteiger partial charge in [0.2, 0.25) is 17.7 Å². The summed E-state index contributed by atoms with van der Waals surface area (Å²) in [7, 11) is 1.64. The van der Waals surface area contributed by atoms with Crippen LogP contribution in [0.4, 0.5) is 0 Å². The number of carbonyl (C=O) groups is 4. The molecule has 1 aromatic rings. The number of carbonyl (C=O) groups excluding carboxylic acids is 4. The number of nitrogens with one attached hydrogen (secondary N) is 2. The molecule has 0 radical (unpaired) electrons. The van der Waals surface area contributed by atoms with Crippen molar-refractivity contribution in [3.63, 3.8) is 0 Å². The van der Waals surface area contributed by atoms with Gasteiger partial charge in [0, 0.05) is 38.6 Å². The van der Waals surface area contributed by atoms with Crippen LogP contribution in [0.5, 0.6) is 0 Å². The summed E-state index contributed by atoms with van der Waals surface area (Å²) in [4.78, 5) is 50.1. The molecule has 1 aliphatic rings. The van der Waals surface area contributed by atoms with Crippen molar-refractivity contribution in [2.75, 3.05) is 178 Å². The van der Waals surface area contributed by atoms with Gasteiger partial charge in [-0.25, -0.2) is 5.43 Å². The van der Waals surface area contributed by atoms with E-state index in [9.17, 15) is 19.2 Å². The average Bonchev–Trinajstić information content (AvgIpc) is 3.57. The zero-order valence-electron chi connectivity index (χ0n) is 37.3. The molecule has 2 N–H and O–H groups in total. The summed E-state index contributed by atoms with van der Waals surface area (Å²) in [6.45, 7) is 13.1. The van der Waals surface area contributed by atoms with Gasteiger partial charge >= 0.3 is 0 Å². The maximum Gasteiger partial charge on any atom is 0.251 e. The van der Waals surface area contributed by atoms with Gasteiger partial charge in [-0.2, -0.15) is 16.9 Å². The first-order valence-corrected chi connectivity index (χ1v) is 22.6. The van der Waals surface area contributed by atoms with Gasteiger partial charge in [0.05, 0.1) is 163 Å². The Morgan fingerprint density at radius 1 is 0.603 bits per heavy atom. The Balaban J connectivity index is 1.28. The number of nitrogens with zero attached hydrogens (tertiary/aromatic N) is 2. The quantitative estimate of drug-likeness (QED) is 0.0404. The van der Waals surface area contributed by atoms with Gasteiger partial charge in [-0.3, -0.25) is 24.1 Å². The maximum absolute atomic E-state index is 12.5. The van der Waals surface area contributed by atoms with Gasteiger partial charge in [0.1, 0.15) is 0 Å². The topological polar surface area (TPSA) is 219 Å². The Kier molecular flexibility index (Phi) is 34.8. The lowest BCUT2D eigenvalue weighted by Crippen LogP contribution is -2.34. The molecule has 0 spiro atoms. The van der Waals surface area contributed by atoms with Crippen LogP contribution >= 0.6 is 11.8 Å². The number of thioether (sulfide) groups is 1. The van der Waals surface area contributed by atoms with Crippen LogP contribution in [0, 0.1) is 0 Å². The van der Waals surface area contributed by atoms with E-state index in [1.807, 2.05) is 0 Å². The molecule has 1 aromatic carbocycles. The van der Waals surface area contributed by atoms with Crippen molar-refractivity contribution in [3.05, 3.63) is 35.4 Å². The summed E-state index contributed by atoms with van der Waals surface area (Å²) in [5.41, 5.74) is 4.17. The van der Waals surface area contributed by atoms with Crippen LogP contribution in [0.1, 0.15) is 35.7 Å². The largest absolute Gasteiger partial charge is 0.382 e. The summed E-state index contributed by atoms with van der Waals surface area (Å²) in [6.07, 6.45) is 1.89. The van der Waals surface area contributed by atoms with Crippen molar-refractivity contribution in [1.29, 1.82) is 0 Å². The molecule has 360 valence electrons. The van der Waals surface area contributed by atoms with Crippen LogP contribution in [-0.2, 0) is 71.2 Å². The number of ether oxygens (including phenoxy) is 12. The smallest absolute Gasteiger partial charge is 0.251 e. The van der Waals surface area contributed by atoms with Gasteiger partial charge < -0.3 is 62.2 Å². The lowest BCUT2D eigenvalue weighted by molar-refractivity contribution is -0.138. The lowest BCUT2D eigenvalue weighted by Gasteiger charge is -2.13. The van der Waals surface area contributed by atoms with Crippen LogP contribution in [-0.4, -0.2) is 218 Å². The van der Waals surface area contributed by atoms with E-state index in [-0.39, 0.29) is 42.4 Å². The standard InChI is InChI=1S/C42H70N4O16S/c1-35(44-45-39(47)8-10-46-40(48)34-38(63-3)42(46)50)36-4-6-37(7-5-36)41(49)43-9-11-52-14-15-54-18-19-56-22-23-58-26-27-60-30-31-62-33-32-61-29-28-59-25-24-57-21-20-55-17-16-53-13-12-51-2/h4-7,38H,8-34H2,1-3H3,(H,43,49)(H,45,47)/b44-35+. The molecular formula is C42H70N4O16S. The zero-order valence-corrected chi connectivity index (χ0v) is 38.1. The van der Waals surface area contributed by atoms with E-state index in [0.717, 1.165) is 4.90 Å². The first kappa shape index (κ1) is 56.0. The van der Waals surface area contributed by atoms with Gasteiger partial charge in [0.15, 0.2) is 0 Å². The van der Waals surface area contributed by atoms with Crippen LogP contribution in [0.15, 0.2) is 29.4 Å². The van der Waals surface area contributed by atoms with Crippen molar-refractivity contribution < 1.29 is 76.0 Å². The second kappa shape index (κ2) is 39.2. The molecule has 0 aromatic heterocycles. The van der Waals surface area contributed by atoms with Crippen LogP contribution in [0.25, 0.3) is 0 Å². The highest BCUT2D eigenvalue weighted by atomic mass is 32.2. The lowest BCUT2D eigenvalue weighted by atomic mass is 10.1. The Morgan fingerprint density at radius 2 is 0.968 bits per heavy atom. The zero-order chi connectivity index (χ0) is 45.4. The molecule has 21 heteroatoms. The molecule has 0 aliphatic carbocycles. The fraction of sp³-hybridized carbons (Fsp3) is 0.738. The summed E-state index contributed by atoms with van der Waals surface area (Å²) >= 11 is 1.33. The highest BCUT2D eigenvalue weighted by molar-refractivity contribution is 8.00. The van der Waals surface area contributed by atoms with Gasteiger partial charge in [-0.15, -0.1) is 0 Å². The molecule has 1 fully saturated rings. The molecule has 1 heterocycles. The number of amides is 4. The van der Waals surface area contributed by atoms with Gasteiger partial charge in [0.25, 0.3) is 5.91 Å². The van der Waals surface area contributed by atoms with E-state index in [1.54, 1.807) is 44.6 Å². The van der Waals surface area contributed by atoms with Crippen LogP contribution in [0.3, 0.4) is 0 Å². The Bertz CT molecular complexity index is 1380. The molecule has 1 unspecified atom stereocenters. The normalized spacial score (nSPS) is 14.2. The molecule has 1 atom stereocenters. The molecule has 2 rings (SSSR count). The molecule has 1 aliphatic heterocycles. The average molecular weight is 919 g/mol. The number of imide groups is 1. The second-order valence-electron chi connectivity index (χ2n) is 13.4. The van der Waals surface area contributed by atoms with Crippen LogP contribution < -0.4 is 10.7 Å². The SMILES string of the molecule is COCCOCCOCCOCCOCCOCCOCCOCCOCCOCCOCCOCCNC(=O)c1ccc(/C(C)=N/NC(=O)CCN2C(=O)CC(SC)C2=O)cc1. The van der Waals surface area contributed by atoms with Crippen LogP contribution in [0.2, 0.25) is 0 Å². The number of hydrogen-bond donors (Lipinski definition) is 2. The minimum atomic E-state index is -0.413. The number of likely N-dealkylation sites (tertiary alicyclic amines) is 1. The fourth-order valence-corrected chi connectivity index (χ4v) is 5.84. The number of benzene rings is 1. The van der Waals surface area contributed by atoms with Crippen molar-refractivity contribution >= 4 is 41.1 Å². The summed E-state index contributed by atoms with van der Waals surface area (Å²) in [5.74, 6) is -1.19. The number of hydrogen-bond acceptors (Lipinski definition) is 18. The summed E-state index contributed by atoms with van der Waals surface area (Å²) in [6, 6.07) is 6.79. The van der Waals surface area contributed by atoms with Gasteiger partial charge in [-0.1, -0.05) is 12.1 Å². The fourth-order valence-electron chi connectivity index (χ4n) is 5.20. The maximum atomic E-state index is 12.5. The van der Waals surface area contributed by atoms with Crippen molar-refractivity contribution in [3.8, 4) is 0 Å². The van der Waals surface area contributed by atoms with Gasteiger partial charge in [-0.05, 0) is 30.9 Å². The highest BCUT2D eigenvalue weighted by Gasteiger charge is 2.37. The van der Waals surface area contributed by atoms with Crippen molar-refractivity contribution in [2.45, 2.75) is 25.0 Å². The van der Waals surface area contributed by atoms with E-state index in [0.29, 0.717) is 175 Å².